The van der Waals surface area contributed by atoms with E-state index in [0.29, 0.717) is 5.69 Å². The average Bonchev–Trinajstić information content (AvgIpc) is 2.09. The predicted molar refractivity (Wildman–Crippen MR) is 49.5 cm³/mol. The number of nitrogens with one attached hydrogen (secondary N) is 1. The molecule has 0 radical (unpaired) electrons. The van der Waals surface area contributed by atoms with Crippen LogP contribution in [0.2, 0.25) is 0 Å². The van der Waals surface area contributed by atoms with Crippen molar-refractivity contribution in [1.29, 1.82) is 0 Å². The number of nitrogens with two attached hydrogens (primary N) is 1. The Balaban J connectivity index is 2.58. The zero-order valence-electron chi connectivity index (χ0n) is 6.20. The molecule has 0 saturated carbocycles. The molecule has 0 fully saturated rings. The second-order valence-electron chi connectivity index (χ2n) is 1.95. The van der Waals surface area contributed by atoms with Gasteiger partial charge in [0, 0.05) is 0 Å². The second kappa shape index (κ2) is 4.87. The number of hydrazine groups is 1. The molecule has 12 heavy (non-hydrogen) atoms. The first-order chi connectivity index (χ1) is 5.83. The third-order valence-corrected chi connectivity index (χ3v) is 1.50. The molecule has 0 spiro atoms. The van der Waals surface area contributed by atoms with E-state index in [9.17, 15) is 4.39 Å². The number of halogens is 1. The van der Waals surface area contributed by atoms with Crippen LogP contribution in [0, 0.1) is 5.82 Å². The molecule has 0 aliphatic carbocycles. The van der Waals surface area contributed by atoms with E-state index in [1.54, 1.807) is 12.1 Å². The molecule has 5 heteroatoms. The van der Waals surface area contributed by atoms with Gasteiger partial charge in [-0.3, -0.25) is 5.84 Å². The average molecular weight is 185 g/mol. The first kappa shape index (κ1) is 9.18. The van der Waals surface area contributed by atoms with Gasteiger partial charge in [0.1, 0.15) is 5.82 Å². The predicted octanol–water partition coefficient (Wildman–Crippen LogP) is 1.60. The van der Waals surface area contributed by atoms with E-state index in [-0.39, 0.29) is 5.82 Å². The van der Waals surface area contributed by atoms with Gasteiger partial charge in [-0.1, -0.05) is 0 Å². The summed E-state index contributed by atoms with van der Waals surface area (Å²) in [7, 11) is 0. The lowest BCUT2D eigenvalue weighted by atomic mass is 10.3. The van der Waals surface area contributed by atoms with Gasteiger partial charge in [-0.2, -0.15) is 4.83 Å². The first-order valence-electron chi connectivity index (χ1n) is 3.22. The van der Waals surface area contributed by atoms with Gasteiger partial charge in [0.2, 0.25) is 0 Å². The van der Waals surface area contributed by atoms with Crippen molar-refractivity contribution in [3.63, 3.8) is 0 Å². The van der Waals surface area contributed by atoms with Crippen LogP contribution < -0.4 is 10.7 Å². The van der Waals surface area contributed by atoms with Crippen molar-refractivity contribution >= 4 is 23.2 Å². The quantitative estimate of drug-likeness (QED) is 0.247. The van der Waals surface area contributed by atoms with Crippen molar-refractivity contribution in [2.75, 3.05) is 0 Å². The van der Waals surface area contributed by atoms with Crippen molar-refractivity contribution in [2.24, 2.45) is 10.8 Å². The molecule has 64 valence electrons. The van der Waals surface area contributed by atoms with Crippen molar-refractivity contribution in [3.8, 4) is 0 Å². The third kappa shape index (κ3) is 3.00. The molecule has 0 saturated heterocycles. The first-order valence-corrected chi connectivity index (χ1v) is 4.10. The number of nitrogens with zero attached hydrogens (tertiary/aromatic N) is 1. The van der Waals surface area contributed by atoms with Gasteiger partial charge in [0.15, 0.2) is 0 Å². The van der Waals surface area contributed by atoms with Crippen LogP contribution in [0.5, 0.6) is 0 Å². The minimum atomic E-state index is -0.265. The number of benzene rings is 1. The third-order valence-electron chi connectivity index (χ3n) is 1.15. The largest absolute Gasteiger partial charge is 0.261 e. The van der Waals surface area contributed by atoms with Crippen molar-refractivity contribution in [1.82, 2.24) is 4.83 Å². The SMILES string of the molecule is NNSC=Nc1ccc(F)cc1. The summed E-state index contributed by atoms with van der Waals surface area (Å²) in [6.45, 7) is 0. The fourth-order valence-electron chi connectivity index (χ4n) is 0.645. The van der Waals surface area contributed by atoms with E-state index < -0.39 is 0 Å². The molecule has 1 rings (SSSR count). The van der Waals surface area contributed by atoms with Gasteiger partial charge in [-0.15, -0.1) is 0 Å². The smallest absolute Gasteiger partial charge is 0.123 e. The van der Waals surface area contributed by atoms with Crippen LogP contribution in [0.25, 0.3) is 0 Å². The molecule has 0 aromatic heterocycles. The minimum absolute atomic E-state index is 0.265. The number of hydrogen-bond acceptors (Lipinski definition) is 4. The maximum atomic E-state index is 12.4. The van der Waals surface area contributed by atoms with Gasteiger partial charge in [-0.25, -0.2) is 9.38 Å². The van der Waals surface area contributed by atoms with Crippen LogP contribution in [-0.2, 0) is 0 Å². The summed E-state index contributed by atoms with van der Waals surface area (Å²) in [4.78, 5) is 6.31. The standard InChI is InChI=1S/C7H8FN3S/c8-6-1-3-7(4-2-6)10-5-12-11-9/h1-5,11H,9H2. The van der Waals surface area contributed by atoms with E-state index in [1.165, 1.54) is 17.7 Å². The van der Waals surface area contributed by atoms with Crippen LogP contribution in [0.1, 0.15) is 0 Å². The zero-order valence-corrected chi connectivity index (χ0v) is 7.01. The summed E-state index contributed by atoms with van der Waals surface area (Å²) in [6.07, 6.45) is 0. The summed E-state index contributed by atoms with van der Waals surface area (Å²) >= 11 is 1.15. The van der Waals surface area contributed by atoms with Gasteiger partial charge in [0.05, 0.1) is 11.2 Å². The fraction of sp³-hybridized carbons (Fsp3) is 0. The molecular weight excluding hydrogens is 177 g/mol. The number of aliphatic imine (C=N–C) groups is 1. The van der Waals surface area contributed by atoms with E-state index in [2.05, 4.69) is 9.82 Å². The molecule has 3 nitrogen and oxygen atoms in total. The second-order valence-corrected chi connectivity index (χ2v) is 2.63. The Labute approximate surface area is 74.0 Å². The van der Waals surface area contributed by atoms with Crippen molar-refractivity contribution in [2.45, 2.75) is 0 Å². The lowest BCUT2D eigenvalue weighted by molar-refractivity contribution is 0.628. The summed E-state index contributed by atoms with van der Waals surface area (Å²) in [5, 5.41) is 0. The van der Waals surface area contributed by atoms with E-state index >= 15 is 0 Å². The van der Waals surface area contributed by atoms with Crippen LogP contribution in [-0.4, -0.2) is 5.55 Å². The molecule has 3 N–H and O–H groups in total. The number of rotatable bonds is 3. The Bertz CT molecular complexity index is 260. The highest BCUT2D eigenvalue weighted by atomic mass is 32.2. The molecule has 0 heterocycles. The van der Waals surface area contributed by atoms with Gasteiger partial charge in [-0.05, 0) is 36.2 Å². The highest BCUT2D eigenvalue weighted by molar-refractivity contribution is 8.10. The Hall–Kier alpha value is -0.910. The molecule has 0 atom stereocenters. The Morgan fingerprint density at radius 2 is 2.08 bits per heavy atom. The number of hydrogen-bond donors (Lipinski definition) is 2. The molecule has 1 aromatic carbocycles. The molecule has 0 amide bonds. The molecule has 0 aliphatic rings. The molecular formula is C7H8FN3S. The lowest BCUT2D eigenvalue weighted by Crippen LogP contribution is -2.10. The van der Waals surface area contributed by atoms with Gasteiger partial charge >= 0.3 is 0 Å². The zero-order chi connectivity index (χ0) is 8.81. The van der Waals surface area contributed by atoms with Gasteiger partial charge in [0.25, 0.3) is 0 Å². The van der Waals surface area contributed by atoms with Crippen LogP contribution in [0.15, 0.2) is 29.3 Å². The monoisotopic (exact) mass is 185 g/mol. The normalized spacial score (nSPS) is 10.8. The fourth-order valence-corrected chi connectivity index (χ4v) is 0.880. The maximum absolute atomic E-state index is 12.4. The molecule has 0 unspecified atom stereocenters. The van der Waals surface area contributed by atoms with E-state index in [4.69, 9.17) is 5.84 Å². The molecule has 0 bridgehead atoms. The van der Waals surface area contributed by atoms with Crippen molar-refractivity contribution in [3.05, 3.63) is 30.1 Å². The van der Waals surface area contributed by atoms with E-state index in [0.717, 1.165) is 11.9 Å². The minimum Gasteiger partial charge on any atom is -0.261 e. The highest BCUT2D eigenvalue weighted by Gasteiger charge is 1.88. The van der Waals surface area contributed by atoms with Crippen LogP contribution in [0.4, 0.5) is 10.1 Å². The lowest BCUT2D eigenvalue weighted by Gasteiger charge is -1.91. The van der Waals surface area contributed by atoms with Gasteiger partial charge < -0.3 is 0 Å². The topological polar surface area (TPSA) is 50.4 Å². The highest BCUT2D eigenvalue weighted by Crippen LogP contribution is 2.11. The van der Waals surface area contributed by atoms with Crippen molar-refractivity contribution < 1.29 is 4.39 Å². The Morgan fingerprint density at radius 3 is 2.67 bits per heavy atom. The summed E-state index contributed by atoms with van der Waals surface area (Å²) < 4.78 is 12.4. The van der Waals surface area contributed by atoms with Crippen LogP contribution in [0.3, 0.4) is 0 Å². The molecule has 0 aliphatic heterocycles. The Kier molecular flexibility index (Phi) is 3.72. The maximum Gasteiger partial charge on any atom is 0.123 e. The van der Waals surface area contributed by atoms with Crippen LogP contribution >= 0.6 is 11.9 Å². The summed E-state index contributed by atoms with van der Waals surface area (Å²) in [5.74, 6) is 4.71. The molecule has 1 aromatic rings. The summed E-state index contributed by atoms with van der Waals surface area (Å²) in [6, 6.07) is 5.88. The Morgan fingerprint density at radius 1 is 1.42 bits per heavy atom. The van der Waals surface area contributed by atoms with E-state index in [1.807, 2.05) is 0 Å². The summed E-state index contributed by atoms with van der Waals surface area (Å²) in [5.41, 5.74) is 2.23.